The summed E-state index contributed by atoms with van der Waals surface area (Å²) >= 11 is 11.4. The van der Waals surface area contributed by atoms with Crippen molar-refractivity contribution < 1.29 is 13.9 Å². The van der Waals surface area contributed by atoms with E-state index in [1.807, 2.05) is 36.4 Å². The molecular formula is C21H15ClN2O3S. The van der Waals surface area contributed by atoms with Crippen molar-refractivity contribution in [1.82, 2.24) is 5.32 Å². The van der Waals surface area contributed by atoms with Crippen LogP contribution in [0.4, 0.5) is 5.69 Å². The largest absolute Gasteiger partial charge is 0.495 e. The van der Waals surface area contributed by atoms with Gasteiger partial charge in [-0.3, -0.25) is 4.79 Å². The van der Waals surface area contributed by atoms with Gasteiger partial charge in [-0.25, -0.2) is 4.90 Å². The van der Waals surface area contributed by atoms with Crippen LogP contribution in [0.15, 0.2) is 70.8 Å². The minimum Gasteiger partial charge on any atom is -0.495 e. The third kappa shape index (κ3) is 3.40. The first-order valence-electron chi connectivity index (χ1n) is 8.43. The Balaban J connectivity index is 1.63. The molecular weight excluding hydrogens is 396 g/mol. The van der Waals surface area contributed by atoms with Crippen molar-refractivity contribution in [3.05, 3.63) is 77.1 Å². The number of furan rings is 1. The van der Waals surface area contributed by atoms with Crippen LogP contribution in [0.25, 0.3) is 17.4 Å². The molecule has 2 heterocycles. The maximum absolute atomic E-state index is 12.9. The summed E-state index contributed by atoms with van der Waals surface area (Å²) in [5, 5.41) is 3.85. The quantitative estimate of drug-likeness (QED) is 0.491. The standard InChI is InChI=1S/C21H15ClN2O3S/c1-26-19-8-3-2-7-17(19)24-20(25)16(23-21(24)28)12-15-9-10-18(27-15)13-5-4-6-14(22)11-13/h2-12H,1H3,(H,23,28)/b16-12+. The fourth-order valence-electron chi connectivity index (χ4n) is 2.94. The highest BCUT2D eigenvalue weighted by molar-refractivity contribution is 7.80. The Hall–Kier alpha value is -3.09. The van der Waals surface area contributed by atoms with Crippen molar-refractivity contribution in [1.29, 1.82) is 0 Å². The molecule has 1 fully saturated rings. The lowest BCUT2D eigenvalue weighted by Crippen LogP contribution is -2.30. The lowest BCUT2D eigenvalue weighted by Gasteiger charge is -2.17. The summed E-state index contributed by atoms with van der Waals surface area (Å²) in [5.41, 5.74) is 1.76. The van der Waals surface area contributed by atoms with Crippen LogP contribution >= 0.6 is 23.8 Å². The Morgan fingerprint density at radius 1 is 1.14 bits per heavy atom. The lowest BCUT2D eigenvalue weighted by molar-refractivity contribution is -0.113. The summed E-state index contributed by atoms with van der Waals surface area (Å²) < 4.78 is 11.2. The Bertz CT molecular complexity index is 1110. The molecule has 2 aromatic carbocycles. The zero-order valence-corrected chi connectivity index (χ0v) is 16.4. The highest BCUT2D eigenvalue weighted by Crippen LogP contribution is 2.32. The summed E-state index contributed by atoms with van der Waals surface area (Å²) in [7, 11) is 1.55. The Kier molecular flexibility index (Phi) is 4.90. The third-order valence-corrected chi connectivity index (χ3v) is 4.75. The molecule has 1 saturated heterocycles. The molecule has 1 aliphatic heterocycles. The number of anilines is 1. The topological polar surface area (TPSA) is 54.7 Å². The van der Waals surface area contributed by atoms with Gasteiger partial charge < -0.3 is 14.5 Å². The van der Waals surface area contributed by atoms with E-state index in [4.69, 9.17) is 33.0 Å². The van der Waals surface area contributed by atoms with E-state index in [0.717, 1.165) is 5.56 Å². The number of hydrogen-bond acceptors (Lipinski definition) is 4. The number of ether oxygens (including phenoxy) is 1. The smallest absolute Gasteiger partial charge is 0.281 e. The van der Waals surface area contributed by atoms with Crippen LogP contribution in [0.5, 0.6) is 5.75 Å². The molecule has 3 aromatic rings. The van der Waals surface area contributed by atoms with Gasteiger partial charge in [0.1, 0.15) is 23.0 Å². The number of carbonyl (C=O) groups excluding carboxylic acids is 1. The summed E-state index contributed by atoms with van der Waals surface area (Å²) in [5.74, 6) is 1.46. The van der Waals surface area contributed by atoms with E-state index in [1.165, 1.54) is 4.90 Å². The summed E-state index contributed by atoms with van der Waals surface area (Å²) in [4.78, 5) is 14.3. The number of hydrogen-bond donors (Lipinski definition) is 1. The van der Waals surface area contributed by atoms with Crippen LogP contribution in [-0.2, 0) is 4.79 Å². The molecule has 0 aliphatic carbocycles. The van der Waals surface area contributed by atoms with E-state index in [-0.39, 0.29) is 11.0 Å². The number of benzene rings is 2. The minimum absolute atomic E-state index is 0.280. The first-order chi connectivity index (χ1) is 13.6. The molecule has 1 aromatic heterocycles. The van der Waals surface area contributed by atoms with Gasteiger partial charge in [0.25, 0.3) is 5.91 Å². The molecule has 0 unspecified atom stereocenters. The number of methoxy groups -OCH3 is 1. The average molecular weight is 411 g/mol. The number of nitrogens with one attached hydrogen (secondary N) is 1. The van der Waals surface area contributed by atoms with E-state index in [1.54, 1.807) is 37.5 Å². The fourth-order valence-corrected chi connectivity index (χ4v) is 3.42. The maximum Gasteiger partial charge on any atom is 0.281 e. The van der Waals surface area contributed by atoms with Gasteiger partial charge in [0.15, 0.2) is 5.11 Å². The van der Waals surface area contributed by atoms with Gasteiger partial charge in [-0.15, -0.1) is 0 Å². The number of amides is 1. The molecule has 1 N–H and O–H groups in total. The lowest BCUT2D eigenvalue weighted by atomic mass is 10.2. The first kappa shape index (κ1) is 18.3. The van der Waals surface area contributed by atoms with E-state index >= 15 is 0 Å². The number of nitrogens with zero attached hydrogens (tertiary/aromatic N) is 1. The van der Waals surface area contributed by atoms with Crippen LogP contribution in [0, 0.1) is 0 Å². The maximum atomic E-state index is 12.9. The van der Waals surface area contributed by atoms with E-state index in [9.17, 15) is 4.79 Å². The van der Waals surface area contributed by atoms with E-state index < -0.39 is 0 Å². The molecule has 1 amide bonds. The second-order valence-electron chi connectivity index (χ2n) is 6.01. The monoisotopic (exact) mass is 410 g/mol. The minimum atomic E-state index is -0.282. The van der Waals surface area contributed by atoms with Crippen molar-refractivity contribution in [3.8, 4) is 17.1 Å². The second kappa shape index (κ2) is 7.50. The Morgan fingerprint density at radius 2 is 1.96 bits per heavy atom. The summed E-state index contributed by atoms with van der Waals surface area (Å²) in [6.45, 7) is 0. The number of halogens is 1. The van der Waals surface area contributed by atoms with Gasteiger partial charge in [0.05, 0.1) is 12.8 Å². The predicted molar refractivity (Wildman–Crippen MR) is 113 cm³/mol. The van der Waals surface area contributed by atoms with Crippen LogP contribution in [0.2, 0.25) is 5.02 Å². The molecule has 7 heteroatoms. The molecule has 5 nitrogen and oxygen atoms in total. The normalized spacial score (nSPS) is 15.2. The van der Waals surface area contributed by atoms with Gasteiger partial charge >= 0.3 is 0 Å². The van der Waals surface area contributed by atoms with E-state index in [2.05, 4.69) is 5.32 Å². The highest BCUT2D eigenvalue weighted by atomic mass is 35.5. The number of rotatable bonds is 4. The highest BCUT2D eigenvalue weighted by Gasteiger charge is 2.33. The number of para-hydroxylation sites is 2. The molecule has 28 heavy (non-hydrogen) atoms. The van der Waals surface area contributed by atoms with Crippen LogP contribution < -0.4 is 15.0 Å². The number of thiocarbonyl (C=S) groups is 1. The number of carbonyl (C=O) groups is 1. The van der Waals surface area contributed by atoms with Gasteiger partial charge in [-0.05, 0) is 48.6 Å². The van der Waals surface area contributed by atoms with Crippen molar-refractivity contribution in [3.63, 3.8) is 0 Å². The molecule has 140 valence electrons. The zero-order valence-electron chi connectivity index (χ0n) is 14.8. The molecule has 0 saturated carbocycles. The first-order valence-corrected chi connectivity index (χ1v) is 9.21. The Morgan fingerprint density at radius 3 is 2.75 bits per heavy atom. The van der Waals surface area contributed by atoms with Crippen LogP contribution in [-0.4, -0.2) is 18.1 Å². The molecule has 0 bridgehead atoms. The Labute approximate surface area is 172 Å². The van der Waals surface area contributed by atoms with Crippen molar-refractivity contribution in [2.24, 2.45) is 0 Å². The van der Waals surface area contributed by atoms with Crippen molar-refractivity contribution in [2.45, 2.75) is 0 Å². The predicted octanol–water partition coefficient (Wildman–Crippen LogP) is 4.87. The van der Waals surface area contributed by atoms with Gasteiger partial charge in [-0.2, -0.15) is 0 Å². The van der Waals surface area contributed by atoms with Gasteiger partial charge in [0, 0.05) is 16.7 Å². The van der Waals surface area contributed by atoms with Crippen LogP contribution in [0.3, 0.4) is 0 Å². The average Bonchev–Trinajstić information content (AvgIpc) is 3.27. The molecule has 1 aliphatic rings. The summed E-state index contributed by atoms with van der Waals surface area (Å²) in [6.07, 6.45) is 1.62. The third-order valence-electron chi connectivity index (χ3n) is 4.23. The SMILES string of the molecule is COc1ccccc1N1C(=O)/C(=C\c2ccc(-c3cccc(Cl)c3)o2)NC1=S. The van der Waals surface area contributed by atoms with E-state index in [0.29, 0.717) is 33.7 Å². The molecule has 0 spiro atoms. The van der Waals surface area contributed by atoms with Crippen molar-refractivity contribution in [2.75, 3.05) is 12.0 Å². The summed E-state index contributed by atoms with van der Waals surface area (Å²) in [6, 6.07) is 18.2. The van der Waals surface area contributed by atoms with Crippen molar-refractivity contribution >= 4 is 46.6 Å². The second-order valence-corrected chi connectivity index (χ2v) is 6.84. The van der Waals surface area contributed by atoms with Crippen LogP contribution in [0.1, 0.15) is 5.76 Å². The zero-order chi connectivity index (χ0) is 19.7. The molecule has 4 rings (SSSR count). The molecule has 0 radical (unpaired) electrons. The van der Waals surface area contributed by atoms with Gasteiger partial charge in [0.2, 0.25) is 0 Å². The van der Waals surface area contributed by atoms with Gasteiger partial charge in [-0.1, -0.05) is 35.9 Å². The fraction of sp³-hybridized carbons (Fsp3) is 0.0476. The molecule has 0 atom stereocenters.